The van der Waals surface area contributed by atoms with Crippen molar-refractivity contribution >= 4 is 40.4 Å². The van der Waals surface area contributed by atoms with Crippen molar-refractivity contribution in [3.05, 3.63) is 98.7 Å². The van der Waals surface area contributed by atoms with Gasteiger partial charge in [0.15, 0.2) is 0 Å². The molecular weight excluding hydrogens is 420 g/mol. The number of carbonyl (C=O) groups is 2. The molecule has 3 aromatic carbocycles. The van der Waals surface area contributed by atoms with E-state index in [9.17, 15) is 9.59 Å². The van der Waals surface area contributed by atoms with Crippen LogP contribution in [0.1, 0.15) is 33.4 Å². The predicted octanol–water partition coefficient (Wildman–Crippen LogP) is 6.28. The van der Waals surface area contributed by atoms with Crippen LogP contribution in [0.2, 0.25) is 5.02 Å². The van der Waals surface area contributed by atoms with E-state index >= 15 is 0 Å². The molecule has 5 heteroatoms. The molecule has 0 saturated heterocycles. The molecule has 4 nitrogen and oxygen atoms in total. The van der Waals surface area contributed by atoms with Crippen LogP contribution in [0.15, 0.2) is 60.3 Å². The summed E-state index contributed by atoms with van der Waals surface area (Å²) in [6.45, 7) is 9.84. The van der Waals surface area contributed by atoms with E-state index in [1.807, 2.05) is 77.1 Å². The molecule has 2 amide bonds. The maximum atomic E-state index is 13.7. The summed E-state index contributed by atoms with van der Waals surface area (Å²) in [6.07, 6.45) is 0. The van der Waals surface area contributed by atoms with E-state index in [1.54, 1.807) is 12.1 Å². The highest BCUT2D eigenvalue weighted by atomic mass is 35.5. The lowest BCUT2D eigenvalue weighted by Crippen LogP contribution is -2.33. The maximum absolute atomic E-state index is 13.7. The summed E-state index contributed by atoms with van der Waals surface area (Å²) in [6, 6.07) is 17.0. The van der Waals surface area contributed by atoms with Gasteiger partial charge in [-0.3, -0.25) is 9.59 Å². The van der Waals surface area contributed by atoms with Gasteiger partial charge < -0.3 is 5.32 Å². The highest BCUT2D eigenvalue weighted by Gasteiger charge is 2.41. The van der Waals surface area contributed by atoms with Crippen molar-refractivity contribution in [3.63, 3.8) is 0 Å². The fourth-order valence-corrected chi connectivity index (χ4v) is 4.12. The monoisotopic (exact) mass is 444 g/mol. The van der Waals surface area contributed by atoms with Crippen LogP contribution in [-0.2, 0) is 9.59 Å². The molecule has 0 radical (unpaired) electrons. The van der Waals surface area contributed by atoms with Gasteiger partial charge in [-0.15, -0.1) is 0 Å². The quantitative estimate of drug-likeness (QED) is 0.482. The molecule has 0 atom stereocenters. The van der Waals surface area contributed by atoms with E-state index in [0.717, 1.165) is 27.8 Å². The van der Waals surface area contributed by atoms with Gasteiger partial charge in [0, 0.05) is 10.7 Å². The van der Waals surface area contributed by atoms with E-state index in [4.69, 9.17) is 11.6 Å². The normalized spacial score (nSPS) is 13.9. The van der Waals surface area contributed by atoms with Gasteiger partial charge in [-0.05, 0) is 80.6 Å². The Bertz CT molecular complexity index is 1310. The number of hydrogen-bond acceptors (Lipinski definition) is 3. The molecule has 32 heavy (non-hydrogen) atoms. The first-order valence-electron chi connectivity index (χ1n) is 10.5. The number of imide groups is 1. The highest BCUT2D eigenvalue weighted by molar-refractivity contribution is 6.46. The summed E-state index contributed by atoms with van der Waals surface area (Å²) < 4.78 is 0. The largest absolute Gasteiger partial charge is 0.350 e. The van der Waals surface area contributed by atoms with Crippen molar-refractivity contribution in [3.8, 4) is 0 Å². The Morgan fingerprint density at radius 2 is 1.44 bits per heavy atom. The lowest BCUT2D eigenvalue weighted by molar-refractivity contribution is -0.120. The molecule has 3 aromatic rings. The number of amides is 2. The van der Waals surface area contributed by atoms with Gasteiger partial charge in [0.2, 0.25) is 0 Å². The Balaban J connectivity index is 1.89. The first kappa shape index (κ1) is 21.8. The topological polar surface area (TPSA) is 49.4 Å². The Kier molecular flexibility index (Phi) is 5.66. The van der Waals surface area contributed by atoms with Crippen LogP contribution < -0.4 is 10.2 Å². The average molecular weight is 445 g/mol. The Labute approximate surface area is 193 Å². The first-order valence-corrected chi connectivity index (χ1v) is 10.9. The zero-order valence-corrected chi connectivity index (χ0v) is 19.6. The Morgan fingerprint density at radius 3 is 2.12 bits per heavy atom. The van der Waals surface area contributed by atoms with Gasteiger partial charge in [-0.25, -0.2) is 4.90 Å². The zero-order chi connectivity index (χ0) is 23.2. The van der Waals surface area contributed by atoms with Crippen molar-refractivity contribution in [2.24, 2.45) is 0 Å². The van der Waals surface area contributed by atoms with Crippen LogP contribution in [0.3, 0.4) is 0 Å². The number of aryl methyl sites for hydroxylation is 5. The van der Waals surface area contributed by atoms with Gasteiger partial charge >= 0.3 is 0 Å². The van der Waals surface area contributed by atoms with Crippen LogP contribution in [0.5, 0.6) is 0 Å². The minimum absolute atomic E-state index is 0.253. The molecule has 0 unspecified atom stereocenters. The van der Waals surface area contributed by atoms with Crippen molar-refractivity contribution in [1.82, 2.24) is 0 Å². The van der Waals surface area contributed by atoms with Crippen LogP contribution in [-0.4, -0.2) is 11.8 Å². The Morgan fingerprint density at radius 1 is 0.719 bits per heavy atom. The number of carbonyl (C=O) groups excluding carboxylic acids is 2. The van der Waals surface area contributed by atoms with Crippen molar-refractivity contribution < 1.29 is 9.59 Å². The third kappa shape index (κ3) is 3.82. The second kappa shape index (κ2) is 8.29. The number of nitrogens with zero attached hydrogens (tertiary/aromatic N) is 1. The third-order valence-electron chi connectivity index (χ3n) is 5.93. The summed E-state index contributed by atoms with van der Waals surface area (Å²) >= 11 is 6.20. The van der Waals surface area contributed by atoms with E-state index < -0.39 is 0 Å². The van der Waals surface area contributed by atoms with Crippen molar-refractivity contribution in [1.29, 1.82) is 0 Å². The van der Waals surface area contributed by atoms with Crippen LogP contribution in [0.25, 0.3) is 5.57 Å². The number of anilines is 2. The molecule has 1 aliphatic heterocycles. The summed E-state index contributed by atoms with van der Waals surface area (Å²) in [5.41, 5.74) is 7.64. The van der Waals surface area contributed by atoms with E-state index in [1.165, 1.54) is 4.90 Å². The summed E-state index contributed by atoms with van der Waals surface area (Å²) in [5.74, 6) is -0.720. The molecular formula is C27H25ClN2O2. The van der Waals surface area contributed by atoms with E-state index in [-0.39, 0.29) is 17.5 Å². The standard InChI is InChI=1S/C27H25ClN2O2/c1-15-6-11-23(19(5)12-15)30-26(31)24(20-9-7-16(2)18(4)13-20)25(27(30)32)29-22-14-21(28)10-8-17(22)3/h6-14,29H,1-5H3. The third-order valence-corrected chi connectivity index (χ3v) is 6.17. The van der Waals surface area contributed by atoms with Crippen LogP contribution in [0.4, 0.5) is 11.4 Å². The zero-order valence-electron chi connectivity index (χ0n) is 18.8. The van der Waals surface area contributed by atoms with Crippen LogP contribution in [0, 0.1) is 34.6 Å². The summed E-state index contributed by atoms with van der Waals surface area (Å²) in [7, 11) is 0. The molecule has 1 heterocycles. The Hall–Kier alpha value is -3.37. The van der Waals surface area contributed by atoms with E-state index in [0.29, 0.717) is 27.5 Å². The fourth-order valence-electron chi connectivity index (χ4n) is 3.95. The smallest absolute Gasteiger partial charge is 0.282 e. The minimum Gasteiger partial charge on any atom is -0.350 e. The number of hydrogen-bond donors (Lipinski definition) is 1. The molecule has 4 rings (SSSR count). The lowest BCUT2D eigenvalue weighted by atomic mass is 9.99. The maximum Gasteiger partial charge on any atom is 0.282 e. The molecule has 0 aliphatic carbocycles. The highest BCUT2D eigenvalue weighted by Crippen LogP contribution is 2.36. The van der Waals surface area contributed by atoms with Gasteiger partial charge in [0.1, 0.15) is 5.70 Å². The van der Waals surface area contributed by atoms with Gasteiger partial charge in [0.25, 0.3) is 11.8 Å². The number of nitrogens with one attached hydrogen (secondary N) is 1. The van der Waals surface area contributed by atoms with Gasteiger partial charge in [-0.2, -0.15) is 0 Å². The molecule has 1 N–H and O–H groups in total. The number of halogens is 1. The van der Waals surface area contributed by atoms with Crippen LogP contribution >= 0.6 is 11.6 Å². The molecule has 0 saturated carbocycles. The van der Waals surface area contributed by atoms with Gasteiger partial charge in [0.05, 0.1) is 11.3 Å². The molecule has 0 bridgehead atoms. The van der Waals surface area contributed by atoms with E-state index in [2.05, 4.69) is 5.32 Å². The molecule has 1 aliphatic rings. The minimum atomic E-state index is -0.380. The fraction of sp³-hybridized carbons (Fsp3) is 0.185. The van der Waals surface area contributed by atoms with Gasteiger partial charge in [-0.1, -0.05) is 53.6 Å². The SMILES string of the molecule is Cc1ccc(N2C(=O)C(Nc3cc(Cl)ccc3C)=C(c3ccc(C)c(C)c3)C2=O)c(C)c1. The molecule has 162 valence electrons. The van der Waals surface area contributed by atoms with Crippen molar-refractivity contribution in [2.75, 3.05) is 10.2 Å². The molecule has 0 fully saturated rings. The summed E-state index contributed by atoms with van der Waals surface area (Å²) in [4.78, 5) is 28.6. The number of benzene rings is 3. The predicted molar refractivity (Wildman–Crippen MR) is 131 cm³/mol. The average Bonchev–Trinajstić information content (AvgIpc) is 2.97. The molecule has 0 aromatic heterocycles. The summed E-state index contributed by atoms with van der Waals surface area (Å²) in [5, 5.41) is 3.78. The second-order valence-electron chi connectivity index (χ2n) is 8.37. The van der Waals surface area contributed by atoms with Crippen molar-refractivity contribution in [2.45, 2.75) is 34.6 Å². The second-order valence-corrected chi connectivity index (χ2v) is 8.81. The first-order chi connectivity index (χ1) is 15.2. The lowest BCUT2D eigenvalue weighted by Gasteiger charge is -2.18. The number of rotatable bonds is 4. The molecule has 0 spiro atoms.